The number of aryl methyl sites for hydroxylation is 3. The van der Waals surface area contributed by atoms with E-state index in [-0.39, 0.29) is 0 Å². The Labute approximate surface area is 113 Å². The maximum Gasteiger partial charge on any atom is 0.323 e. The summed E-state index contributed by atoms with van der Waals surface area (Å²) in [5.41, 5.74) is 10.4. The van der Waals surface area contributed by atoms with Crippen LogP contribution in [0, 0.1) is 20.8 Å². The zero-order valence-electron chi connectivity index (χ0n) is 11.5. The van der Waals surface area contributed by atoms with E-state index in [1.165, 1.54) is 0 Å². The van der Waals surface area contributed by atoms with Gasteiger partial charge < -0.3 is 5.73 Å². The third-order valence-electron chi connectivity index (χ3n) is 3.18. The molecular weight excluding hydrogens is 236 g/mol. The van der Waals surface area contributed by atoms with Crippen molar-refractivity contribution in [3.63, 3.8) is 0 Å². The van der Waals surface area contributed by atoms with Crippen LogP contribution in [0.4, 0.5) is 16.2 Å². The molecule has 0 aliphatic carbocycles. The van der Waals surface area contributed by atoms with Gasteiger partial charge in [-0.25, -0.2) is 4.79 Å². The number of hydrogen-bond donors (Lipinski definition) is 1. The van der Waals surface area contributed by atoms with E-state index < -0.39 is 6.03 Å². The van der Waals surface area contributed by atoms with Crippen LogP contribution in [-0.4, -0.2) is 6.03 Å². The van der Waals surface area contributed by atoms with Crippen LogP contribution in [0.15, 0.2) is 42.5 Å². The fourth-order valence-corrected chi connectivity index (χ4v) is 2.22. The van der Waals surface area contributed by atoms with Crippen molar-refractivity contribution in [1.29, 1.82) is 0 Å². The first-order valence-electron chi connectivity index (χ1n) is 6.23. The first kappa shape index (κ1) is 13.1. The summed E-state index contributed by atoms with van der Waals surface area (Å²) in [5.74, 6) is 0. The Morgan fingerprint density at radius 2 is 1.47 bits per heavy atom. The Kier molecular flexibility index (Phi) is 3.56. The van der Waals surface area contributed by atoms with E-state index in [1.807, 2.05) is 63.2 Å². The van der Waals surface area contributed by atoms with E-state index in [9.17, 15) is 4.79 Å². The molecule has 3 heteroatoms. The summed E-state index contributed by atoms with van der Waals surface area (Å²) in [6.45, 7) is 5.97. The largest absolute Gasteiger partial charge is 0.351 e. The van der Waals surface area contributed by atoms with Gasteiger partial charge in [-0.05, 0) is 44.0 Å². The summed E-state index contributed by atoms with van der Waals surface area (Å²) in [7, 11) is 0. The summed E-state index contributed by atoms with van der Waals surface area (Å²) in [4.78, 5) is 13.4. The standard InChI is InChI=1S/C16H18N2O/c1-11-7-9-14(10-8-11)18(16(17)19)15-12(2)5-4-6-13(15)3/h4-10H,1-3H3,(H2,17,19). The average Bonchev–Trinajstić information content (AvgIpc) is 2.35. The molecule has 0 unspecified atom stereocenters. The topological polar surface area (TPSA) is 46.3 Å². The van der Waals surface area contributed by atoms with Crippen LogP contribution < -0.4 is 10.6 Å². The molecule has 0 atom stereocenters. The lowest BCUT2D eigenvalue weighted by atomic mass is 10.1. The minimum atomic E-state index is -0.471. The van der Waals surface area contributed by atoms with Gasteiger partial charge in [0.25, 0.3) is 0 Å². The minimum absolute atomic E-state index is 0.471. The quantitative estimate of drug-likeness (QED) is 0.869. The molecule has 0 bridgehead atoms. The molecule has 3 nitrogen and oxygen atoms in total. The Morgan fingerprint density at radius 1 is 0.947 bits per heavy atom. The molecule has 2 rings (SSSR count). The summed E-state index contributed by atoms with van der Waals surface area (Å²) >= 11 is 0. The van der Waals surface area contributed by atoms with Gasteiger partial charge in [0, 0.05) is 0 Å². The Balaban J connectivity index is 2.58. The number of nitrogens with zero attached hydrogens (tertiary/aromatic N) is 1. The van der Waals surface area contributed by atoms with Gasteiger partial charge in [-0.15, -0.1) is 0 Å². The van der Waals surface area contributed by atoms with Crippen molar-refractivity contribution in [1.82, 2.24) is 0 Å². The Morgan fingerprint density at radius 3 is 1.95 bits per heavy atom. The molecule has 0 radical (unpaired) electrons. The van der Waals surface area contributed by atoms with Crippen LogP contribution in [0.5, 0.6) is 0 Å². The molecule has 2 N–H and O–H groups in total. The number of benzene rings is 2. The number of carbonyl (C=O) groups is 1. The summed E-state index contributed by atoms with van der Waals surface area (Å²) in [5, 5.41) is 0. The van der Waals surface area contributed by atoms with Gasteiger partial charge in [-0.3, -0.25) is 4.90 Å². The van der Waals surface area contributed by atoms with Crippen LogP contribution >= 0.6 is 0 Å². The fourth-order valence-electron chi connectivity index (χ4n) is 2.22. The predicted octanol–water partition coefficient (Wildman–Crippen LogP) is 3.83. The van der Waals surface area contributed by atoms with Crippen molar-refractivity contribution >= 4 is 17.4 Å². The summed E-state index contributed by atoms with van der Waals surface area (Å²) in [6.07, 6.45) is 0. The molecule has 0 spiro atoms. The second kappa shape index (κ2) is 5.14. The van der Waals surface area contributed by atoms with E-state index in [0.29, 0.717) is 0 Å². The molecule has 19 heavy (non-hydrogen) atoms. The Hall–Kier alpha value is -2.29. The molecule has 0 aliphatic rings. The number of amides is 2. The summed E-state index contributed by atoms with van der Waals surface area (Å²) in [6, 6.07) is 13.2. The van der Waals surface area contributed by atoms with Gasteiger partial charge in [0.15, 0.2) is 0 Å². The third-order valence-corrected chi connectivity index (χ3v) is 3.18. The van der Waals surface area contributed by atoms with E-state index in [0.717, 1.165) is 28.1 Å². The monoisotopic (exact) mass is 254 g/mol. The number of nitrogens with two attached hydrogens (primary N) is 1. The second-order valence-electron chi connectivity index (χ2n) is 4.75. The molecule has 0 aromatic heterocycles. The highest BCUT2D eigenvalue weighted by molar-refractivity contribution is 5.99. The van der Waals surface area contributed by atoms with E-state index in [4.69, 9.17) is 5.73 Å². The van der Waals surface area contributed by atoms with Crippen LogP contribution in [0.25, 0.3) is 0 Å². The SMILES string of the molecule is Cc1ccc(N(C(N)=O)c2c(C)cccc2C)cc1. The molecule has 2 aromatic rings. The number of rotatable bonds is 2. The van der Waals surface area contributed by atoms with Crippen molar-refractivity contribution in [2.75, 3.05) is 4.90 Å². The fraction of sp³-hybridized carbons (Fsp3) is 0.188. The molecule has 0 heterocycles. The van der Waals surface area contributed by atoms with E-state index in [2.05, 4.69) is 0 Å². The number of carbonyl (C=O) groups excluding carboxylic acids is 1. The van der Waals surface area contributed by atoms with Crippen LogP contribution in [0.2, 0.25) is 0 Å². The lowest BCUT2D eigenvalue weighted by Gasteiger charge is -2.24. The predicted molar refractivity (Wildman–Crippen MR) is 78.8 cm³/mol. The minimum Gasteiger partial charge on any atom is -0.351 e. The number of anilines is 2. The first-order chi connectivity index (χ1) is 9.00. The maximum absolute atomic E-state index is 11.8. The third kappa shape index (κ3) is 2.60. The lowest BCUT2D eigenvalue weighted by Crippen LogP contribution is -2.32. The van der Waals surface area contributed by atoms with Crippen molar-refractivity contribution in [2.45, 2.75) is 20.8 Å². The second-order valence-corrected chi connectivity index (χ2v) is 4.75. The van der Waals surface area contributed by atoms with E-state index in [1.54, 1.807) is 4.90 Å². The Bertz CT molecular complexity index is 582. The van der Waals surface area contributed by atoms with Gasteiger partial charge in [-0.2, -0.15) is 0 Å². The molecule has 2 aromatic carbocycles. The zero-order chi connectivity index (χ0) is 14.0. The lowest BCUT2D eigenvalue weighted by molar-refractivity contribution is 0.256. The summed E-state index contributed by atoms with van der Waals surface area (Å²) < 4.78 is 0. The van der Waals surface area contributed by atoms with Crippen molar-refractivity contribution in [2.24, 2.45) is 5.73 Å². The highest BCUT2D eigenvalue weighted by atomic mass is 16.2. The number of hydrogen-bond acceptors (Lipinski definition) is 1. The molecule has 2 amide bonds. The smallest absolute Gasteiger partial charge is 0.323 e. The van der Waals surface area contributed by atoms with Gasteiger partial charge >= 0.3 is 6.03 Å². The van der Waals surface area contributed by atoms with Gasteiger partial charge in [0.05, 0.1) is 11.4 Å². The number of primary amides is 1. The molecule has 98 valence electrons. The van der Waals surface area contributed by atoms with Gasteiger partial charge in [0.1, 0.15) is 0 Å². The van der Waals surface area contributed by atoms with Crippen molar-refractivity contribution in [3.8, 4) is 0 Å². The molecule has 0 saturated heterocycles. The van der Waals surface area contributed by atoms with E-state index >= 15 is 0 Å². The van der Waals surface area contributed by atoms with Crippen LogP contribution in [0.1, 0.15) is 16.7 Å². The molecule has 0 fully saturated rings. The number of para-hydroxylation sites is 1. The average molecular weight is 254 g/mol. The zero-order valence-corrected chi connectivity index (χ0v) is 11.5. The highest BCUT2D eigenvalue weighted by Gasteiger charge is 2.18. The highest BCUT2D eigenvalue weighted by Crippen LogP contribution is 2.31. The van der Waals surface area contributed by atoms with Crippen molar-refractivity contribution < 1.29 is 4.79 Å². The maximum atomic E-state index is 11.8. The molecule has 0 saturated carbocycles. The first-order valence-corrected chi connectivity index (χ1v) is 6.23. The number of urea groups is 1. The normalized spacial score (nSPS) is 10.3. The molecular formula is C16H18N2O. The molecule has 0 aliphatic heterocycles. The van der Waals surface area contributed by atoms with Crippen LogP contribution in [0.3, 0.4) is 0 Å². The van der Waals surface area contributed by atoms with Crippen molar-refractivity contribution in [3.05, 3.63) is 59.2 Å². The van der Waals surface area contributed by atoms with Gasteiger partial charge in [0.2, 0.25) is 0 Å². The van der Waals surface area contributed by atoms with Crippen LogP contribution in [-0.2, 0) is 0 Å². The van der Waals surface area contributed by atoms with Gasteiger partial charge in [-0.1, -0.05) is 35.9 Å².